The second kappa shape index (κ2) is 4.97. The van der Waals surface area contributed by atoms with E-state index in [1.165, 1.54) is 5.56 Å². The molecule has 2 heteroatoms. The third-order valence-electron chi connectivity index (χ3n) is 2.25. The molecule has 72 valence electrons. The van der Waals surface area contributed by atoms with Gasteiger partial charge in [0.15, 0.2) is 0 Å². The predicted octanol–water partition coefficient (Wildman–Crippen LogP) is 2.23. The highest BCUT2D eigenvalue weighted by Crippen LogP contribution is 2.02. The van der Waals surface area contributed by atoms with Crippen LogP contribution in [0.5, 0.6) is 0 Å². The van der Waals surface area contributed by atoms with E-state index >= 15 is 0 Å². The molecule has 0 bridgehead atoms. The second-order valence-corrected chi connectivity index (χ2v) is 3.29. The van der Waals surface area contributed by atoms with Gasteiger partial charge in [-0.15, -0.1) is 0 Å². The fraction of sp³-hybridized carbons (Fsp3) is 0.545. The average Bonchev–Trinajstić information content (AvgIpc) is 2.17. The lowest BCUT2D eigenvalue weighted by atomic mass is 10.2. The van der Waals surface area contributed by atoms with Gasteiger partial charge in [-0.25, -0.2) is 0 Å². The molecule has 0 saturated carbocycles. The lowest BCUT2D eigenvalue weighted by molar-refractivity contribution is 0.292. The van der Waals surface area contributed by atoms with Crippen molar-refractivity contribution in [2.45, 2.75) is 27.3 Å². The Hall–Kier alpha value is -0.890. The maximum Gasteiger partial charge on any atom is 0.0544 e. The first-order chi connectivity index (χ1) is 6.26. The van der Waals surface area contributed by atoms with E-state index in [1.54, 1.807) is 0 Å². The van der Waals surface area contributed by atoms with E-state index in [-0.39, 0.29) is 0 Å². The summed E-state index contributed by atoms with van der Waals surface area (Å²) in [5.74, 6) is 0. The Morgan fingerprint density at radius 1 is 1.23 bits per heavy atom. The molecular formula is C11H18N2. The van der Waals surface area contributed by atoms with Crippen molar-refractivity contribution >= 4 is 0 Å². The van der Waals surface area contributed by atoms with Gasteiger partial charge in [0.1, 0.15) is 0 Å². The predicted molar refractivity (Wildman–Crippen MR) is 55.6 cm³/mol. The van der Waals surface area contributed by atoms with Crippen molar-refractivity contribution in [1.29, 1.82) is 0 Å². The molecule has 2 nitrogen and oxygen atoms in total. The highest BCUT2D eigenvalue weighted by atomic mass is 15.1. The van der Waals surface area contributed by atoms with Crippen LogP contribution in [0, 0.1) is 6.92 Å². The molecule has 0 fully saturated rings. The van der Waals surface area contributed by atoms with Gasteiger partial charge in [-0.3, -0.25) is 9.88 Å². The van der Waals surface area contributed by atoms with Crippen LogP contribution in [0.2, 0.25) is 0 Å². The molecule has 0 saturated heterocycles. The van der Waals surface area contributed by atoms with Gasteiger partial charge in [0, 0.05) is 12.7 Å². The van der Waals surface area contributed by atoms with E-state index in [9.17, 15) is 0 Å². The van der Waals surface area contributed by atoms with Crippen molar-refractivity contribution in [3.8, 4) is 0 Å². The zero-order valence-corrected chi connectivity index (χ0v) is 8.75. The zero-order valence-electron chi connectivity index (χ0n) is 8.75. The van der Waals surface area contributed by atoms with Crippen molar-refractivity contribution in [3.05, 3.63) is 29.6 Å². The van der Waals surface area contributed by atoms with Crippen LogP contribution >= 0.6 is 0 Å². The van der Waals surface area contributed by atoms with Gasteiger partial charge in [0.2, 0.25) is 0 Å². The van der Waals surface area contributed by atoms with E-state index in [2.05, 4.69) is 42.8 Å². The largest absolute Gasteiger partial charge is 0.298 e. The first kappa shape index (κ1) is 10.2. The van der Waals surface area contributed by atoms with Crippen LogP contribution in [0.1, 0.15) is 25.1 Å². The molecule has 0 aliphatic carbocycles. The van der Waals surface area contributed by atoms with Gasteiger partial charge < -0.3 is 0 Å². The van der Waals surface area contributed by atoms with Gasteiger partial charge in [0.05, 0.1) is 5.69 Å². The molecule has 0 aromatic carbocycles. The van der Waals surface area contributed by atoms with Gasteiger partial charge >= 0.3 is 0 Å². The number of aryl methyl sites for hydroxylation is 1. The van der Waals surface area contributed by atoms with Gasteiger partial charge in [-0.1, -0.05) is 19.9 Å². The Morgan fingerprint density at radius 2 is 1.92 bits per heavy atom. The van der Waals surface area contributed by atoms with Crippen LogP contribution in [-0.2, 0) is 6.54 Å². The number of nitrogens with zero attached hydrogens (tertiary/aromatic N) is 2. The Morgan fingerprint density at radius 3 is 2.38 bits per heavy atom. The van der Waals surface area contributed by atoms with Crippen molar-refractivity contribution in [2.75, 3.05) is 13.1 Å². The number of hydrogen-bond acceptors (Lipinski definition) is 2. The van der Waals surface area contributed by atoms with E-state index in [4.69, 9.17) is 0 Å². The molecule has 0 radical (unpaired) electrons. The molecule has 1 rings (SSSR count). The quantitative estimate of drug-likeness (QED) is 0.703. The molecule has 1 aromatic rings. The van der Waals surface area contributed by atoms with E-state index in [0.717, 1.165) is 25.3 Å². The molecule has 0 aliphatic rings. The molecule has 0 unspecified atom stereocenters. The molecule has 13 heavy (non-hydrogen) atoms. The van der Waals surface area contributed by atoms with Crippen molar-refractivity contribution in [3.63, 3.8) is 0 Å². The highest BCUT2D eigenvalue weighted by molar-refractivity contribution is 5.11. The van der Waals surface area contributed by atoms with Crippen molar-refractivity contribution in [2.24, 2.45) is 0 Å². The highest BCUT2D eigenvalue weighted by Gasteiger charge is 2.00. The van der Waals surface area contributed by atoms with Crippen LogP contribution in [0.4, 0.5) is 0 Å². The minimum Gasteiger partial charge on any atom is -0.298 e. The number of pyridine rings is 1. The third-order valence-corrected chi connectivity index (χ3v) is 2.25. The Labute approximate surface area is 80.6 Å². The Balaban J connectivity index is 2.58. The summed E-state index contributed by atoms with van der Waals surface area (Å²) in [6.45, 7) is 9.56. The zero-order chi connectivity index (χ0) is 9.68. The lowest BCUT2D eigenvalue weighted by Gasteiger charge is -2.17. The summed E-state index contributed by atoms with van der Waals surface area (Å²) in [6.07, 6.45) is 1.93. The number of hydrogen-bond donors (Lipinski definition) is 0. The van der Waals surface area contributed by atoms with Crippen LogP contribution in [0.25, 0.3) is 0 Å². The van der Waals surface area contributed by atoms with Gasteiger partial charge in [0.25, 0.3) is 0 Å². The van der Waals surface area contributed by atoms with E-state index in [1.807, 2.05) is 6.20 Å². The molecule has 0 N–H and O–H groups in total. The molecular weight excluding hydrogens is 160 g/mol. The normalized spacial score (nSPS) is 10.8. The van der Waals surface area contributed by atoms with Crippen LogP contribution in [0.15, 0.2) is 18.3 Å². The average molecular weight is 178 g/mol. The first-order valence-corrected chi connectivity index (χ1v) is 4.90. The van der Waals surface area contributed by atoms with E-state index < -0.39 is 0 Å². The summed E-state index contributed by atoms with van der Waals surface area (Å²) in [4.78, 5) is 6.73. The van der Waals surface area contributed by atoms with Crippen LogP contribution in [-0.4, -0.2) is 23.0 Å². The lowest BCUT2D eigenvalue weighted by Crippen LogP contribution is -2.22. The van der Waals surface area contributed by atoms with Gasteiger partial charge in [-0.2, -0.15) is 0 Å². The fourth-order valence-electron chi connectivity index (χ4n) is 1.27. The SMILES string of the molecule is CCN(CC)Cc1ccc(C)cn1. The summed E-state index contributed by atoms with van der Waals surface area (Å²) < 4.78 is 0. The molecule has 0 aliphatic heterocycles. The van der Waals surface area contributed by atoms with E-state index in [0.29, 0.717) is 0 Å². The molecule has 1 heterocycles. The monoisotopic (exact) mass is 178 g/mol. The standard InChI is InChI=1S/C11H18N2/c1-4-13(5-2)9-11-7-6-10(3)8-12-11/h6-8H,4-5,9H2,1-3H3. The number of rotatable bonds is 4. The second-order valence-electron chi connectivity index (χ2n) is 3.29. The maximum absolute atomic E-state index is 4.37. The Kier molecular flexibility index (Phi) is 3.90. The summed E-state index contributed by atoms with van der Waals surface area (Å²) in [5.41, 5.74) is 2.39. The first-order valence-electron chi connectivity index (χ1n) is 4.90. The molecule has 1 aromatic heterocycles. The minimum atomic E-state index is 0.966. The van der Waals surface area contributed by atoms with Crippen molar-refractivity contribution in [1.82, 2.24) is 9.88 Å². The maximum atomic E-state index is 4.37. The third kappa shape index (κ3) is 3.15. The smallest absolute Gasteiger partial charge is 0.0544 e. The fourth-order valence-corrected chi connectivity index (χ4v) is 1.27. The summed E-state index contributed by atoms with van der Waals surface area (Å²) >= 11 is 0. The van der Waals surface area contributed by atoms with Gasteiger partial charge in [-0.05, 0) is 31.6 Å². The summed E-state index contributed by atoms with van der Waals surface area (Å²) in [5, 5.41) is 0. The molecule has 0 spiro atoms. The number of aromatic nitrogens is 1. The Bertz CT molecular complexity index is 237. The minimum absolute atomic E-state index is 0.966. The molecule has 0 atom stereocenters. The topological polar surface area (TPSA) is 16.1 Å². The summed E-state index contributed by atoms with van der Waals surface area (Å²) in [6, 6.07) is 4.22. The molecule has 0 amide bonds. The summed E-state index contributed by atoms with van der Waals surface area (Å²) in [7, 11) is 0. The van der Waals surface area contributed by atoms with Crippen molar-refractivity contribution < 1.29 is 0 Å². The van der Waals surface area contributed by atoms with Crippen LogP contribution < -0.4 is 0 Å². The van der Waals surface area contributed by atoms with Crippen LogP contribution in [0.3, 0.4) is 0 Å².